The van der Waals surface area contributed by atoms with Crippen LogP contribution in [0.3, 0.4) is 0 Å². The molecule has 0 saturated heterocycles. The maximum atomic E-state index is 13.3. The van der Waals surface area contributed by atoms with Gasteiger partial charge in [-0.2, -0.15) is 5.10 Å². The van der Waals surface area contributed by atoms with Crippen molar-refractivity contribution < 1.29 is 4.39 Å². The van der Waals surface area contributed by atoms with Crippen LogP contribution in [-0.2, 0) is 13.5 Å². The van der Waals surface area contributed by atoms with E-state index < -0.39 is 0 Å². The summed E-state index contributed by atoms with van der Waals surface area (Å²) in [5, 5.41) is 7.73. The van der Waals surface area contributed by atoms with E-state index in [2.05, 4.69) is 10.4 Å². The second-order valence-corrected chi connectivity index (χ2v) is 4.35. The highest BCUT2D eigenvalue weighted by atomic mass is 19.1. The zero-order valence-electron chi connectivity index (χ0n) is 10.7. The number of nitrogens with one attached hydrogen (secondary N) is 1. The average molecular weight is 247 g/mol. The largest absolute Gasteiger partial charge is 0.310 e. The van der Waals surface area contributed by atoms with Gasteiger partial charge in [-0.15, -0.1) is 0 Å². The molecule has 2 rings (SSSR count). The van der Waals surface area contributed by atoms with Gasteiger partial charge in [0.1, 0.15) is 5.82 Å². The zero-order chi connectivity index (χ0) is 13.0. The number of likely N-dealkylation sites (N-methyl/N-ethyl adjacent to an activating group) is 1. The van der Waals surface area contributed by atoms with E-state index in [1.165, 1.54) is 6.07 Å². The molecule has 2 aromatic rings. The van der Waals surface area contributed by atoms with Crippen LogP contribution >= 0.6 is 0 Å². The fourth-order valence-electron chi connectivity index (χ4n) is 2.06. The first kappa shape index (κ1) is 12.8. The molecule has 96 valence electrons. The summed E-state index contributed by atoms with van der Waals surface area (Å²) in [6.07, 6.45) is 2.68. The Morgan fingerprint density at radius 3 is 2.83 bits per heavy atom. The molecule has 0 aliphatic rings. The second-order valence-electron chi connectivity index (χ2n) is 4.35. The van der Waals surface area contributed by atoms with Crippen molar-refractivity contribution >= 4 is 0 Å². The lowest BCUT2D eigenvalue weighted by Crippen LogP contribution is -2.23. The predicted molar refractivity (Wildman–Crippen MR) is 69.7 cm³/mol. The molecule has 0 spiro atoms. The molecule has 0 aliphatic heterocycles. The van der Waals surface area contributed by atoms with E-state index in [0.29, 0.717) is 0 Å². The number of rotatable bonds is 5. The maximum absolute atomic E-state index is 13.3. The molecular formula is C14H18FN3. The van der Waals surface area contributed by atoms with Gasteiger partial charge in [-0.25, -0.2) is 4.39 Å². The van der Waals surface area contributed by atoms with Crippen LogP contribution in [0.1, 0.15) is 24.2 Å². The van der Waals surface area contributed by atoms with Crippen molar-refractivity contribution in [1.82, 2.24) is 15.1 Å². The summed E-state index contributed by atoms with van der Waals surface area (Å²) in [6.45, 7) is 2.89. The third-order valence-corrected chi connectivity index (χ3v) is 2.88. The minimum absolute atomic E-state index is 0.0978. The number of nitrogens with zero attached hydrogens (tertiary/aromatic N) is 2. The lowest BCUT2D eigenvalue weighted by Gasteiger charge is -2.17. The Hall–Kier alpha value is -1.68. The van der Waals surface area contributed by atoms with Crippen LogP contribution in [0.5, 0.6) is 0 Å². The fourth-order valence-corrected chi connectivity index (χ4v) is 2.06. The summed E-state index contributed by atoms with van der Waals surface area (Å²) < 4.78 is 15.0. The summed E-state index contributed by atoms with van der Waals surface area (Å²) in [7, 11) is 1.90. The monoisotopic (exact) mass is 247 g/mol. The van der Waals surface area contributed by atoms with Gasteiger partial charge in [0, 0.05) is 25.7 Å². The van der Waals surface area contributed by atoms with E-state index in [-0.39, 0.29) is 11.9 Å². The van der Waals surface area contributed by atoms with Crippen molar-refractivity contribution in [2.24, 2.45) is 7.05 Å². The molecule has 1 heterocycles. The van der Waals surface area contributed by atoms with Gasteiger partial charge in [0.15, 0.2) is 0 Å². The molecular weight excluding hydrogens is 229 g/mol. The van der Waals surface area contributed by atoms with Gasteiger partial charge in [0.2, 0.25) is 0 Å². The molecule has 1 N–H and O–H groups in total. The van der Waals surface area contributed by atoms with Crippen LogP contribution in [0.4, 0.5) is 4.39 Å². The van der Waals surface area contributed by atoms with Crippen molar-refractivity contribution in [2.45, 2.75) is 19.4 Å². The van der Waals surface area contributed by atoms with Gasteiger partial charge in [-0.05, 0) is 30.3 Å². The van der Waals surface area contributed by atoms with Crippen LogP contribution < -0.4 is 5.32 Å². The second kappa shape index (κ2) is 5.78. The number of aryl methyl sites for hydroxylation is 1. The lowest BCUT2D eigenvalue weighted by molar-refractivity contribution is 0.534. The summed E-state index contributed by atoms with van der Waals surface area (Å²) >= 11 is 0. The van der Waals surface area contributed by atoms with Crippen LogP contribution in [0.25, 0.3) is 0 Å². The van der Waals surface area contributed by atoms with Crippen molar-refractivity contribution in [3.8, 4) is 0 Å². The normalized spacial score (nSPS) is 12.6. The standard InChI is InChI=1S/C14H18FN3/c1-3-16-14(10-13-7-8-18(2)17-13)11-5-4-6-12(15)9-11/h4-9,14,16H,3,10H2,1-2H3. The number of aromatic nitrogens is 2. The summed E-state index contributed by atoms with van der Waals surface area (Å²) in [4.78, 5) is 0. The molecule has 1 atom stereocenters. The van der Waals surface area contributed by atoms with Crippen molar-refractivity contribution in [3.63, 3.8) is 0 Å². The molecule has 0 aliphatic carbocycles. The minimum Gasteiger partial charge on any atom is -0.310 e. The van der Waals surface area contributed by atoms with Crippen molar-refractivity contribution in [1.29, 1.82) is 0 Å². The highest BCUT2D eigenvalue weighted by Gasteiger charge is 2.13. The van der Waals surface area contributed by atoms with E-state index in [1.54, 1.807) is 16.8 Å². The van der Waals surface area contributed by atoms with Crippen LogP contribution in [0.15, 0.2) is 36.5 Å². The minimum atomic E-state index is -0.198. The van der Waals surface area contributed by atoms with Crippen molar-refractivity contribution in [3.05, 3.63) is 53.6 Å². The molecule has 18 heavy (non-hydrogen) atoms. The van der Waals surface area contributed by atoms with E-state index >= 15 is 0 Å². The molecule has 4 heteroatoms. The maximum Gasteiger partial charge on any atom is 0.123 e. The van der Waals surface area contributed by atoms with Gasteiger partial charge >= 0.3 is 0 Å². The van der Waals surface area contributed by atoms with Crippen LogP contribution in [0.2, 0.25) is 0 Å². The Kier molecular flexibility index (Phi) is 4.10. The SMILES string of the molecule is CCNC(Cc1ccn(C)n1)c1cccc(F)c1. The first-order chi connectivity index (χ1) is 8.69. The smallest absolute Gasteiger partial charge is 0.123 e. The third-order valence-electron chi connectivity index (χ3n) is 2.88. The number of hydrogen-bond donors (Lipinski definition) is 1. The predicted octanol–water partition coefficient (Wildman–Crippen LogP) is 2.45. The Bertz CT molecular complexity index is 507. The molecule has 1 aromatic carbocycles. The molecule has 1 aromatic heterocycles. The molecule has 0 radical (unpaired) electrons. The number of hydrogen-bond acceptors (Lipinski definition) is 2. The Balaban J connectivity index is 2.17. The molecule has 1 unspecified atom stereocenters. The van der Waals surface area contributed by atoms with E-state index in [9.17, 15) is 4.39 Å². The third kappa shape index (κ3) is 3.17. The quantitative estimate of drug-likeness (QED) is 0.879. The van der Waals surface area contributed by atoms with Gasteiger partial charge in [-0.3, -0.25) is 4.68 Å². The Labute approximate surface area is 107 Å². The number of halogens is 1. The molecule has 0 fully saturated rings. The highest BCUT2D eigenvalue weighted by molar-refractivity contribution is 5.22. The lowest BCUT2D eigenvalue weighted by atomic mass is 10.0. The summed E-state index contributed by atoms with van der Waals surface area (Å²) in [5.74, 6) is -0.198. The summed E-state index contributed by atoms with van der Waals surface area (Å²) in [6, 6.07) is 8.82. The fraction of sp³-hybridized carbons (Fsp3) is 0.357. The topological polar surface area (TPSA) is 29.9 Å². The zero-order valence-corrected chi connectivity index (χ0v) is 10.7. The Morgan fingerprint density at radius 1 is 1.39 bits per heavy atom. The van der Waals surface area contributed by atoms with E-state index in [0.717, 1.165) is 24.2 Å². The molecule has 0 amide bonds. The highest BCUT2D eigenvalue weighted by Crippen LogP contribution is 2.18. The van der Waals surface area contributed by atoms with Gasteiger partial charge in [-0.1, -0.05) is 19.1 Å². The van der Waals surface area contributed by atoms with Gasteiger partial charge < -0.3 is 5.32 Å². The van der Waals surface area contributed by atoms with Gasteiger partial charge in [0.25, 0.3) is 0 Å². The van der Waals surface area contributed by atoms with Crippen molar-refractivity contribution in [2.75, 3.05) is 6.54 Å². The summed E-state index contributed by atoms with van der Waals surface area (Å²) in [5.41, 5.74) is 1.97. The number of benzene rings is 1. The first-order valence-corrected chi connectivity index (χ1v) is 6.16. The Morgan fingerprint density at radius 2 is 2.22 bits per heavy atom. The van der Waals surface area contributed by atoms with E-state index in [1.807, 2.05) is 32.3 Å². The molecule has 0 bridgehead atoms. The van der Waals surface area contributed by atoms with Crippen LogP contribution in [0, 0.1) is 5.82 Å². The van der Waals surface area contributed by atoms with Crippen LogP contribution in [-0.4, -0.2) is 16.3 Å². The molecule has 3 nitrogen and oxygen atoms in total. The molecule has 0 saturated carbocycles. The first-order valence-electron chi connectivity index (χ1n) is 6.16. The average Bonchev–Trinajstić information content (AvgIpc) is 2.74. The van der Waals surface area contributed by atoms with E-state index in [4.69, 9.17) is 0 Å². The van der Waals surface area contributed by atoms with Gasteiger partial charge in [0.05, 0.1) is 5.69 Å².